The summed E-state index contributed by atoms with van der Waals surface area (Å²) in [5.41, 5.74) is 0.755. The van der Waals surface area contributed by atoms with Gasteiger partial charge in [-0.3, -0.25) is 0 Å². The number of sulfone groups is 1. The number of benzene rings is 2. The molecule has 1 N–H and O–H groups in total. The zero-order chi connectivity index (χ0) is 17.9. The molecule has 25 heavy (non-hydrogen) atoms. The number of unbranched alkanes of at least 4 members (excludes halogenated alkanes) is 1. The molecule has 0 saturated carbocycles. The maximum atomic E-state index is 12.9. The minimum Gasteiger partial charge on any atom is -0.320 e. The van der Waals surface area contributed by atoms with Crippen molar-refractivity contribution >= 4 is 32.3 Å². The molecule has 0 spiro atoms. The van der Waals surface area contributed by atoms with Crippen molar-refractivity contribution in [1.29, 1.82) is 0 Å². The quantitative estimate of drug-likeness (QED) is 0.885. The summed E-state index contributed by atoms with van der Waals surface area (Å²) in [7, 11) is -3.03. The third-order valence-electron chi connectivity index (χ3n) is 4.69. The molecule has 1 saturated heterocycles. The highest BCUT2D eigenvalue weighted by molar-refractivity contribution is 7.91. The molecular weight excluding hydrogens is 336 g/mol. The van der Waals surface area contributed by atoms with Crippen molar-refractivity contribution in [2.75, 3.05) is 23.4 Å². The fourth-order valence-corrected chi connectivity index (χ4v) is 5.05. The van der Waals surface area contributed by atoms with Crippen molar-refractivity contribution in [3.63, 3.8) is 0 Å². The molecule has 2 aromatic carbocycles. The molecule has 2 aromatic rings. The highest BCUT2D eigenvalue weighted by Gasteiger charge is 2.34. The summed E-state index contributed by atoms with van der Waals surface area (Å²) < 4.78 is 23.6. The standard InChI is InChI=1S/C19H24N2O3S/c1-2-3-12-21(16-11-13-25(23,24)14-16)19(22)20-18-10-6-8-15-7-4-5-9-17(15)18/h4-10,16H,2-3,11-14H2,1H3,(H,20,22). The van der Waals surface area contributed by atoms with Crippen LogP contribution in [0.15, 0.2) is 42.5 Å². The van der Waals surface area contributed by atoms with Crippen LogP contribution in [-0.2, 0) is 9.84 Å². The van der Waals surface area contributed by atoms with Crippen LogP contribution < -0.4 is 5.32 Å². The van der Waals surface area contributed by atoms with E-state index in [4.69, 9.17) is 0 Å². The van der Waals surface area contributed by atoms with E-state index in [0.29, 0.717) is 13.0 Å². The van der Waals surface area contributed by atoms with Gasteiger partial charge in [0.15, 0.2) is 9.84 Å². The molecule has 1 unspecified atom stereocenters. The summed E-state index contributed by atoms with van der Waals surface area (Å²) in [6, 6.07) is 13.2. The average Bonchev–Trinajstić information content (AvgIpc) is 2.95. The van der Waals surface area contributed by atoms with Crippen LogP contribution in [0, 0.1) is 0 Å². The van der Waals surface area contributed by atoms with Gasteiger partial charge in [-0.25, -0.2) is 13.2 Å². The lowest BCUT2D eigenvalue weighted by Gasteiger charge is -2.28. The Labute approximate surface area is 148 Å². The van der Waals surface area contributed by atoms with Crippen LogP contribution in [0.3, 0.4) is 0 Å². The fourth-order valence-electron chi connectivity index (χ4n) is 3.32. The molecular formula is C19H24N2O3S. The van der Waals surface area contributed by atoms with Gasteiger partial charge in [-0.05, 0) is 24.3 Å². The Morgan fingerprint density at radius 2 is 1.96 bits per heavy atom. The number of anilines is 1. The van der Waals surface area contributed by atoms with E-state index in [1.165, 1.54) is 0 Å². The van der Waals surface area contributed by atoms with Crippen LogP contribution in [0.25, 0.3) is 10.8 Å². The van der Waals surface area contributed by atoms with Gasteiger partial charge in [0.05, 0.1) is 17.2 Å². The van der Waals surface area contributed by atoms with E-state index >= 15 is 0 Å². The molecule has 5 nitrogen and oxygen atoms in total. The van der Waals surface area contributed by atoms with Crippen LogP contribution in [-0.4, -0.2) is 43.4 Å². The van der Waals surface area contributed by atoms with Crippen molar-refractivity contribution in [1.82, 2.24) is 4.90 Å². The predicted octanol–water partition coefficient (Wildman–Crippen LogP) is 3.66. The summed E-state index contributed by atoms with van der Waals surface area (Å²) in [5, 5.41) is 5.03. The summed E-state index contributed by atoms with van der Waals surface area (Å²) >= 11 is 0. The first-order chi connectivity index (χ1) is 12.0. The van der Waals surface area contributed by atoms with Gasteiger partial charge < -0.3 is 10.2 Å². The second-order valence-electron chi connectivity index (χ2n) is 6.56. The van der Waals surface area contributed by atoms with Crippen molar-refractivity contribution in [3.8, 4) is 0 Å². The van der Waals surface area contributed by atoms with Crippen molar-refractivity contribution in [2.45, 2.75) is 32.2 Å². The molecule has 0 bridgehead atoms. The van der Waals surface area contributed by atoms with Gasteiger partial charge in [0.1, 0.15) is 0 Å². The molecule has 0 radical (unpaired) electrons. The number of carbonyl (C=O) groups excluding carboxylic acids is 1. The topological polar surface area (TPSA) is 66.5 Å². The largest absolute Gasteiger partial charge is 0.322 e. The van der Waals surface area contributed by atoms with Crippen LogP contribution in [0.1, 0.15) is 26.2 Å². The smallest absolute Gasteiger partial charge is 0.320 e. The molecule has 2 amide bonds. The van der Waals surface area contributed by atoms with Crippen LogP contribution in [0.4, 0.5) is 10.5 Å². The Morgan fingerprint density at radius 3 is 2.68 bits per heavy atom. The molecule has 0 aromatic heterocycles. The van der Waals surface area contributed by atoms with E-state index in [-0.39, 0.29) is 23.6 Å². The first kappa shape index (κ1) is 17.7. The van der Waals surface area contributed by atoms with Gasteiger partial charge in [-0.2, -0.15) is 0 Å². The normalized spacial score (nSPS) is 19.0. The van der Waals surface area contributed by atoms with E-state index < -0.39 is 9.84 Å². The van der Waals surface area contributed by atoms with Gasteiger partial charge in [0.2, 0.25) is 0 Å². The lowest BCUT2D eigenvalue weighted by Crippen LogP contribution is -2.44. The zero-order valence-corrected chi connectivity index (χ0v) is 15.3. The number of nitrogens with zero attached hydrogens (tertiary/aromatic N) is 1. The highest BCUT2D eigenvalue weighted by atomic mass is 32.2. The summed E-state index contributed by atoms with van der Waals surface area (Å²) in [5.74, 6) is 0.238. The second kappa shape index (κ2) is 7.44. The fraction of sp³-hybridized carbons (Fsp3) is 0.421. The number of carbonyl (C=O) groups is 1. The van der Waals surface area contributed by atoms with Crippen molar-refractivity contribution in [3.05, 3.63) is 42.5 Å². The number of hydrogen-bond acceptors (Lipinski definition) is 3. The minimum absolute atomic E-state index is 0.0691. The van der Waals surface area contributed by atoms with E-state index in [1.54, 1.807) is 4.90 Å². The summed E-state index contributed by atoms with van der Waals surface area (Å²) in [4.78, 5) is 14.6. The Balaban J connectivity index is 1.82. The highest BCUT2D eigenvalue weighted by Crippen LogP contribution is 2.25. The molecule has 1 heterocycles. The first-order valence-electron chi connectivity index (χ1n) is 8.76. The third kappa shape index (κ3) is 4.12. The summed E-state index contributed by atoms with van der Waals surface area (Å²) in [6.45, 7) is 2.64. The predicted molar refractivity (Wildman–Crippen MR) is 102 cm³/mol. The van der Waals surface area contributed by atoms with Crippen LogP contribution in [0.5, 0.6) is 0 Å². The summed E-state index contributed by atoms with van der Waals surface area (Å²) in [6.07, 6.45) is 2.34. The first-order valence-corrected chi connectivity index (χ1v) is 10.6. The van der Waals surface area contributed by atoms with Crippen molar-refractivity contribution in [2.24, 2.45) is 0 Å². The van der Waals surface area contributed by atoms with Crippen molar-refractivity contribution < 1.29 is 13.2 Å². The molecule has 3 rings (SSSR count). The second-order valence-corrected chi connectivity index (χ2v) is 8.79. The lowest BCUT2D eigenvalue weighted by atomic mass is 10.1. The number of hydrogen-bond donors (Lipinski definition) is 1. The number of rotatable bonds is 5. The lowest BCUT2D eigenvalue weighted by molar-refractivity contribution is 0.192. The average molecular weight is 360 g/mol. The SMILES string of the molecule is CCCCN(C(=O)Nc1cccc2ccccc12)C1CCS(=O)(=O)C1. The third-order valence-corrected chi connectivity index (χ3v) is 6.44. The van der Waals surface area contributed by atoms with Gasteiger partial charge in [0.25, 0.3) is 0 Å². The van der Waals surface area contributed by atoms with Gasteiger partial charge in [-0.1, -0.05) is 49.7 Å². The maximum Gasteiger partial charge on any atom is 0.322 e. The van der Waals surface area contributed by atoms with Crippen LogP contribution >= 0.6 is 0 Å². The van der Waals surface area contributed by atoms with E-state index in [2.05, 4.69) is 12.2 Å². The molecule has 6 heteroatoms. The Bertz CT molecular complexity index is 859. The number of urea groups is 1. The molecule has 1 aliphatic heterocycles. The monoisotopic (exact) mass is 360 g/mol. The van der Waals surface area contributed by atoms with Gasteiger partial charge >= 0.3 is 6.03 Å². The Kier molecular flexibility index (Phi) is 5.27. The number of fused-ring (bicyclic) bond motifs is 1. The van der Waals surface area contributed by atoms with Crippen LogP contribution in [0.2, 0.25) is 0 Å². The van der Waals surface area contributed by atoms with Gasteiger partial charge in [-0.15, -0.1) is 0 Å². The van der Waals surface area contributed by atoms with E-state index in [9.17, 15) is 13.2 Å². The number of nitrogens with one attached hydrogen (secondary N) is 1. The van der Waals surface area contributed by atoms with Gasteiger partial charge in [0, 0.05) is 18.0 Å². The molecule has 1 fully saturated rings. The minimum atomic E-state index is -3.03. The van der Waals surface area contributed by atoms with E-state index in [1.807, 2.05) is 42.5 Å². The van der Waals surface area contributed by atoms with E-state index in [0.717, 1.165) is 29.3 Å². The molecule has 0 aliphatic carbocycles. The Hall–Kier alpha value is -2.08. The zero-order valence-electron chi connectivity index (χ0n) is 14.4. The maximum absolute atomic E-state index is 12.9. The molecule has 1 aliphatic rings. The molecule has 1 atom stereocenters. The number of amides is 2. The molecule has 134 valence electrons. The Morgan fingerprint density at radius 1 is 1.20 bits per heavy atom.